The molecular weight excluding hydrogens is 240 g/mol. The van der Waals surface area contributed by atoms with Crippen LogP contribution >= 0.6 is 0 Å². The molecule has 1 aliphatic rings. The van der Waals surface area contributed by atoms with E-state index in [4.69, 9.17) is 0 Å². The lowest BCUT2D eigenvalue weighted by atomic mass is 10.1. The minimum Gasteiger partial charge on any atom is -0.355 e. The van der Waals surface area contributed by atoms with Crippen molar-refractivity contribution in [3.63, 3.8) is 0 Å². The number of aromatic nitrogens is 1. The van der Waals surface area contributed by atoms with E-state index < -0.39 is 0 Å². The number of pyridine rings is 1. The molecule has 1 aliphatic heterocycles. The third-order valence-electron chi connectivity index (χ3n) is 3.55. The van der Waals surface area contributed by atoms with Crippen molar-refractivity contribution in [2.75, 3.05) is 39.1 Å². The molecule has 2 heterocycles. The highest BCUT2D eigenvalue weighted by Gasteiger charge is 2.19. The van der Waals surface area contributed by atoms with Crippen molar-refractivity contribution in [3.05, 3.63) is 23.9 Å². The van der Waals surface area contributed by atoms with E-state index >= 15 is 0 Å². The summed E-state index contributed by atoms with van der Waals surface area (Å²) in [6.07, 6.45) is 4.05. The van der Waals surface area contributed by atoms with E-state index in [-0.39, 0.29) is 5.91 Å². The molecule has 0 aromatic carbocycles. The van der Waals surface area contributed by atoms with Crippen LogP contribution in [-0.2, 0) is 0 Å². The Labute approximate surface area is 114 Å². The quantitative estimate of drug-likeness (QED) is 0.882. The van der Waals surface area contributed by atoms with E-state index in [2.05, 4.69) is 15.2 Å². The number of anilines is 1. The lowest BCUT2D eigenvalue weighted by molar-refractivity contribution is 0.0827. The van der Waals surface area contributed by atoms with Crippen molar-refractivity contribution in [3.8, 4) is 0 Å². The van der Waals surface area contributed by atoms with Crippen molar-refractivity contribution >= 4 is 11.7 Å². The van der Waals surface area contributed by atoms with Gasteiger partial charge < -0.3 is 15.1 Å². The van der Waals surface area contributed by atoms with Crippen LogP contribution in [0.3, 0.4) is 0 Å². The van der Waals surface area contributed by atoms with Crippen LogP contribution < -0.4 is 10.2 Å². The fourth-order valence-corrected chi connectivity index (χ4v) is 2.38. The molecule has 0 bridgehead atoms. The van der Waals surface area contributed by atoms with Crippen LogP contribution in [0.4, 0.5) is 5.82 Å². The SMILES string of the molecule is CNC1CCCN(c2ccc(C(=O)N(C)C)cn2)C1. The van der Waals surface area contributed by atoms with Crippen LogP contribution in [0.1, 0.15) is 23.2 Å². The first-order chi connectivity index (χ1) is 9.11. The summed E-state index contributed by atoms with van der Waals surface area (Å²) in [5, 5.41) is 3.32. The maximum absolute atomic E-state index is 11.8. The summed E-state index contributed by atoms with van der Waals surface area (Å²) in [5.74, 6) is 0.945. The maximum atomic E-state index is 11.8. The summed E-state index contributed by atoms with van der Waals surface area (Å²) in [5.41, 5.74) is 0.635. The van der Waals surface area contributed by atoms with Crippen molar-refractivity contribution in [2.24, 2.45) is 0 Å². The van der Waals surface area contributed by atoms with Crippen molar-refractivity contribution < 1.29 is 4.79 Å². The molecule has 1 saturated heterocycles. The number of hydrogen-bond donors (Lipinski definition) is 1. The second-order valence-corrected chi connectivity index (χ2v) is 5.18. The van der Waals surface area contributed by atoms with Crippen LogP contribution in [-0.4, -0.2) is 56.1 Å². The number of hydrogen-bond acceptors (Lipinski definition) is 4. The average Bonchev–Trinajstić information content (AvgIpc) is 2.46. The molecule has 19 heavy (non-hydrogen) atoms. The molecule has 5 nitrogen and oxygen atoms in total. The fourth-order valence-electron chi connectivity index (χ4n) is 2.38. The van der Waals surface area contributed by atoms with Crippen LogP contribution in [0.25, 0.3) is 0 Å². The first-order valence-corrected chi connectivity index (χ1v) is 6.71. The molecule has 1 N–H and O–H groups in total. The van der Waals surface area contributed by atoms with Gasteiger partial charge >= 0.3 is 0 Å². The summed E-state index contributed by atoms with van der Waals surface area (Å²) in [6, 6.07) is 4.32. The number of rotatable bonds is 3. The molecule has 1 atom stereocenters. The summed E-state index contributed by atoms with van der Waals surface area (Å²) in [6.45, 7) is 2.01. The number of nitrogens with zero attached hydrogens (tertiary/aromatic N) is 3. The standard InChI is InChI=1S/C14H22N4O/c1-15-12-5-4-8-18(10-12)13-7-6-11(9-16-13)14(19)17(2)3/h6-7,9,12,15H,4-5,8,10H2,1-3H3. The van der Waals surface area contributed by atoms with E-state index in [9.17, 15) is 4.79 Å². The van der Waals surface area contributed by atoms with Gasteiger partial charge in [-0.05, 0) is 32.0 Å². The lowest BCUT2D eigenvalue weighted by Crippen LogP contribution is -2.44. The monoisotopic (exact) mass is 262 g/mol. The Hall–Kier alpha value is -1.62. The fraction of sp³-hybridized carbons (Fsp3) is 0.571. The summed E-state index contributed by atoms with van der Waals surface area (Å²) < 4.78 is 0. The van der Waals surface area contributed by atoms with Gasteiger partial charge in [-0.2, -0.15) is 0 Å². The molecule has 0 aliphatic carbocycles. The number of nitrogens with one attached hydrogen (secondary N) is 1. The van der Waals surface area contributed by atoms with Gasteiger partial charge in [0, 0.05) is 39.4 Å². The largest absolute Gasteiger partial charge is 0.355 e. The minimum absolute atomic E-state index is 0.00852. The molecule has 1 amide bonds. The second kappa shape index (κ2) is 6.02. The van der Waals surface area contributed by atoms with Gasteiger partial charge in [0.1, 0.15) is 5.82 Å². The smallest absolute Gasteiger partial charge is 0.254 e. The Kier molecular flexibility index (Phi) is 4.37. The Morgan fingerprint density at radius 1 is 1.47 bits per heavy atom. The number of likely N-dealkylation sites (N-methyl/N-ethyl adjacent to an activating group) is 1. The Bertz CT molecular complexity index is 430. The van der Waals surface area contributed by atoms with Gasteiger partial charge in [-0.25, -0.2) is 4.98 Å². The lowest BCUT2D eigenvalue weighted by Gasteiger charge is -2.33. The highest BCUT2D eigenvalue weighted by atomic mass is 16.2. The van der Waals surface area contributed by atoms with Crippen molar-refractivity contribution in [1.29, 1.82) is 0 Å². The van der Waals surface area contributed by atoms with Gasteiger partial charge in [-0.1, -0.05) is 0 Å². The van der Waals surface area contributed by atoms with Gasteiger partial charge in [0.2, 0.25) is 0 Å². The molecule has 1 unspecified atom stereocenters. The topological polar surface area (TPSA) is 48.5 Å². The normalized spacial score (nSPS) is 19.3. The Morgan fingerprint density at radius 3 is 2.84 bits per heavy atom. The summed E-state index contributed by atoms with van der Waals surface area (Å²) in [7, 11) is 5.50. The third-order valence-corrected chi connectivity index (χ3v) is 3.55. The third kappa shape index (κ3) is 3.23. The van der Waals surface area contributed by atoms with Gasteiger partial charge in [0.15, 0.2) is 0 Å². The summed E-state index contributed by atoms with van der Waals surface area (Å²) in [4.78, 5) is 20.1. The maximum Gasteiger partial charge on any atom is 0.254 e. The molecule has 0 radical (unpaired) electrons. The van der Waals surface area contributed by atoms with Gasteiger partial charge in [-0.3, -0.25) is 4.79 Å². The predicted molar refractivity (Wildman–Crippen MR) is 76.5 cm³/mol. The van der Waals surface area contributed by atoms with Crippen LogP contribution in [0, 0.1) is 0 Å². The number of carbonyl (C=O) groups is 1. The Morgan fingerprint density at radius 2 is 2.26 bits per heavy atom. The van der Waals surface area contributed by atoms with Gasteiger partial charge in [-0.15, -0.1) is 0 Å². The predicted octanol–water partition coefficient (Wildman–Crippen LogP) is 0.972. The van der Waals surface area contributed by atoms with Gasteiger partial charge in [0.25, 0.3) is 5.91 Å². The zero-order chi connectivity index (χ0) is 13.8. The van der Waals surface area contributed by atoms with E-state index in [0.717, 1.165) is 18.9 Å². The van der Waals surface area contributed by atoms with E-state index in [0.29, 0.717) is 11.6 Å². The zero-order valence-corrected chi connectivity index (χ0v) is 11.9. The highest BCUT2D eigenvalue weighted by molar-refractivity contribution is 5.93. The molecule has 1 aromatic rings. The molecule has 0 spiro atoms. The first-order valence-electron chi connectivity index (χ1n) is 6.71. The van der Waals surface area contributed by atoms with Gasteiger partial charge in [0.05, 0.1) is 5.56 Å². The van der Waals surface area contributed by atoms with E-state index in [1.54, 1.807) is 25.2 Å². The molecule has 5 heteroatoms. The number of carbonyl (C=O) groups excluding carboxylic acids is 1. The van der Waals surface area contributed by atoms with E-state index in [1.807, 2.05) is 19.2 Å². The molecule has 1 aromatic heterocycles. The molecule has 104 valence electrons. The minimum atomic E-state index is -0.00852. The zero-order valence-electron chi connectivity index (χ0n) is 11.9. The van der Waals surface area contributed by atoms with E-state index in [1.165, 1.54) is 12.8 Å². The highest BCUT2D eigenvalue weighted by Crippen LogP contribution is 2.18. The molecule has 1 fully saturated rings. The van der Waals surface area contributed by atoms with Crippen LogP contribution in [0.2, 0.25) is 0 Å². The van der Waals surface area contributed by atoms with Crippen molar-refractivity contribution in [2.45, 2.75) is 18.9 Å². The molecule has 2 rings (SSSR count). The number of piperidine rings is 1. The first kappa shape index (κ1) is 13.8. The molecule has 0 saturated carbocycles. The van der Waals surface area contributed by atoms with Crippen LogP contribution in [0.15, 0.2) is 18.3 Å². The second-order valence-electron chi connectivity index (χ2n) is 5.18. The van der Waals surface area contributed by atoms with Crippen LogP contribution in [0.5, 0.6) is 0 Å². The Balaban J connectivity index is 2.07. The number of amides is 1. The van der Waals surface area contributed by atoms with Crippen molar-refractivity contribution in [1.82, 2.24) is 15.2 Å². The summed E-state index contributed by atoms with van der Waals surface area (Å²) >= 11 is 0. The molecular formula is C14H22N4O. The average molecular weight is 262 g/mol.